The van der Waals surface area contributed by atoms with Crippen LogP contribution >= 0.6 is 0 Å². The van der Waals surface area contributed by atoms with Crippen molar-refractivity contribution >= 4 is 32.9 Å². The van der Waals surface area contributed by atoms with Crippen LogP contribution in [0.3, 0.4) is 0 Å². The van der Waals surface area contributed by atoms with E-state index in [9.17, 15) is 9.59 Å². The van der Waals surface area contributed by atoms with Crippen molar-refractivity contribution in [2.24, 2.45) is 0 Å². The lowest BCUT2D eigenvalue weighted by atomic mass is 10.2. The van der Waals surface area contributed by atoms with Crippen molar-refractivity contribution in [3.8, 4) is 0 Å². The lowest BCUT2D eigenvalue weighted by molar-refractivity contribution is -0.136. The summed E-state index contributed by atoms with van der Waals surface area (Å²) in [5.41, 5.74) is 0.154. The van der Waals surface area contributed by atoms with Crippen LogP contribution in [0.1, 0.15) is 6.42 Å². The van der Waals surface area contributed by atoms with Gasteiger partial charge in [-0.3, -0.25) is 4.79 Å². The van der Waals surface area contributed by atoms with E-state index in [1.807, 2.05) is 0 Å². The van der Waals surface area contributed by atoms with Gasteiger partial charge in [0.2, 0.25) is 21.0 Å². The fourth-order valence-electron chi connectivity index (χ4n) is 0.463. The Labute approximate surface area is 70.6 Å². The zero-order chi connectivity index (χ0) is 8.85. The second-order valence-electron chi connectivity index (χ2n) is 1.85. The van der Waals surface area contributed by atoms with Crippen LogP contribution in [0.2, 0.25) is 0 Å². The number of rotatable bonds is 3. The van der Waals surface area contributed by atoms with E-state index in [-0.39, 0.29) is 12.0 Å². The normalized spacial score (nSPS) is 9.09. The van der Waals surface area contributed by atoms with Crippen molar-refractivity contribution in [3.05, 3.63) is 12.2 Å². The van der Waals surface area contributed by atoms with E-state index in [1.54, 1.807) is 0 Å². The lowest BCUT2D eigenvalue weighted by Crippen LogP contribution is -2.10. The van der Waals surface area contributed by atoms with Gasteiger partial charge >= 0.3 is 5.97 Å². The minimum Gasteiger partial charge on any atom is -0.528 e. The summed E-state index contributed by atoms with van der Waals surface area (Å²) in [7, 11) is 0.660. The molecule has 0 saturated carbocycles. The highest BCUT2D eigenvalue weighted by Gasteiger charge is 2.10. The molecule has 0 aliphatic carbocycles. The summed E-state index contributed by atoms with van der Waals surface area (Å²) in [5, 5.41) is 0. The van der Waals surface area contributed by atoms with Crippen molar-refractivity contribution in [2.75, 3.05) is 0 Å². The molecule has 0 aromatic carbocycles. The minimum atomic E-state index is -0.510. The summed E-state index contributed by atoms with van der Waals surface area (Å²) in [5.74, 6) is -0.933. The molecule has 0 N–H and O–H groups in total. The van der Waals surface area contributed by atoms with Gasteiger partial charge in [-0.05, 0) is 0 Å². The number of carbonyl (C=O) groups is 2. The maximum atomic E-state index is 10.7. The molecular weight excluding hydrogens is 180 g/mol. The first kappa shape index (κ1) is 10.1. The quantitative estimate of drug-likeness (QED) is 0.367. The topological polar surface area (TPSA) is 52.6 Å². The zero-order valence-corrected chi connectivity index (χ0v) is 10.5. The van der Waals surface area contributed by atoms with Gasteiger partial charge in [0, 0.05) is 5.57 Å². The Morgan fingerprint density at radius 3 is 2.18 bits per heavy atom. The van der Waals surface area contributed by atoms with Crippen molar-refractivity contribution < 1.29 is 18.4 Å². The van der Waals surface area contributed by atoms with E-state index < -0.39 is 11.9 Å². The molecular formula is C5H10O4Si2. The first-order valence-electron chi connectivity index (χ1n) is 2.94. The first-order chi connectivity index (χ1) is 5.11. The van der Waals surface area contributed by atoms with E-state index >= 15 is 0 Å². The molecule has 62 valence electrons. The van der Waals surface area contributed by atoms with Gasteiger partial charge < -0.3 is 8.85 Å². The molecule has 0 bridgehead atoms. The average molecular weight is 190 g/mol. The Balaban J connectivity index is 3.88. The smallest absolute Gasteiger partial charge is 0.319 e. The molecule has 11 heavy (non-hydrogen) atoms. The summed E-state index contributed by atoms with van der Waals surface area (Å²) in [6.45, 7) is 3.38. The predicted octanol–water partition coefficient (Wildman–Crippen LogP) is -2.42. The highest BCUT2D eigenvalue weighted by Crippen LogP contribution is 2.00. The third-order valence-electron chi connectivity index (χ3n) is 1.06. The van der Waals surface area contributed by atoms with Gasteiger partial charge in [0.25, 0.3) is 5.97 Å². The molecule has 0 radical (unpaired) electrons. The van der Waals surface area contributed by atoms with Crippen molar-refractivity contribution in [3.63, 3.8) is 0 Å². The highest BCUT2D eigenvalue weighted by molar-refractivity contribution is 6.11. The van der Waals surface area contributed by atoms with E-state index in [2.05, 4.69) is 15.4 Å². The van der Waals surface area contributed by atoms with Crippen LogP contribution < -0.4 is 0 Å². The maximum Gasteiger partial charge on any atom is 0.319 e. The fourth-order valence-corrected chi connectivity index (χ4v) is 0.896. The minimum absolute atomic E-state index is 0.0649. The number of carbonyl (C=O) groups excluding carboxylic acids is 2. The molecule has 0 amide bonds. The third-order valence-corrected chi connectivity index (χ3v) is 1.89. The summed E-state index contributed by atoms with van der Waals surface area (Å²) in [4.78, 5) is 21.3. The summed E-state index contributed by atoms with van der Waals surface area (Å²) < 4.78 is 8.92. The van der Waals surface area contributed by atoms with Crippen LogP contribution in [0, 0.1) is 0 Å². The molecule has 0 aliphatic heterocycles. The van der Waals surface area contributed by atoms with E-state index in [0.29, 0.717) is 21.0 Å². The lowest BCUT2D eigenvalue weighted by Gasteiger charge is -2.01. The van der Waals surface area contributed by atoms with Crippen molar-refractivity contribution in [2.45, 2.75) is 6.42 Å². The Bertz CT molecular complexity index is 189. The standard InChI is InChI=1S/C5H10O4Si2/c1-3(5(7)9-11)2-4(6)8-10/h1-2H2,10-11H3. The molecule has 4 nitrogen and oxygen atoms in total. The molecule has 0 aromatic rings. The SMILES string of the molecule is C=C(CC(=O)O[SiH3])C(=O)O[SiH3]. The molecule has 6 heteroatoms. The van der Waals surface area contributed by atoms with Gasteiger partial charge in [-0.2, -0.15) is 0 Å². The van der Waals surface area contributed by atoms with Crippen LogP contribution in [0.5, 0.6) is 0 Å². The van der Waals surface area contributed by atoms with Gasteiger partial charge in [-0.25, -0.2) is 4.79 Å². The molecule has 0 fully saturated rings. The van der Waals surface area contributed by atoms with Gasteiger partial charge in [0.15, 0.2) is 0 Å². The monoisotopic (exact) mass is 190 g/mol. The molecule has 0 heterocycles. The third kappa shape index (κ3) is 3.73. The Morgan fingerprint density at radius 2 is 1.82 bits per heavy atom. The van der Waals surface area contributed by atoms with Crippen LogP contribution in [0.15, 0.2) is 12.2 Å². The molecule has 0 unspecified atom stereocenters. The van der Waals surface area contributed by atoms with Gasteiger partial charge in [-0.1, -0.05) is 6.58 Å². The maximum absolute atomic E-state index is 10.7. The average Bonchev–Trinajstić information content (AvgIpc) is 2.02. The number of hydrogen-bond acceptors (Lipinski definition) is 4. The Morgan fingerprint density at radius 1 is 1.27 bits per heavy atom. The summed E-state index contributed by atoms with van der Waals surface area (Å²) in [6.07, 6.45) is -0.0649. The Kier molecular flexibility index (Phi) is 4.47. The van der Waals surface area contributed by atoms with E-state index in [0.717, 1.165) is 0 Å². The van der Waals surface area contributed by atoms with Crippen LogP contribution in [0.4, 0.5) is 0 Å². The second-order valence-corrected chi connectivity index (χ2v) is 2.66. The fraction of sp³-hybridized carbons (Fsp3) is 0.200. The molecule has 0 rings (SSSR count). The Hall–Kier alpha value is -0.886. The van der Waals surface area contributed by atoms with E-state index in [4.69, 9.17) is 0 Å². The van der Waals surface area contributed by atoms with Gasteiger partial charge in [-0.15, -0.1) is 0 Å². The van der Waals surface area contributed by atoms with Crippen molar-refractivity contribution in [1.29, 1.82) is 0 Å². The van der Waals surface area contributed by atoms with Crippen molar-refractivity contribution in [1.82, 2.24) is 0 Å². The number of hydrogen-bond donors (Lipinski definition) is 0. The largest absolute Gasteiger partial charge is 0.528 e. The van der Waals surface area contributed by atoms with Gasteiger partial charge in [0.05, 0.1) is 6.42 Å². The van der Waals surface area contributed by atoms with Gasteiger partial charge in [0.1, 0.15) is 0 Å². The molecule has 0 aromatic heterocycles. The highest BCUT2D eigenvalue weighted by atomic mass is 28.2. The van der Waals surface area contributed by atoms with Crippen LogP contribution in [-0.2, 0) is 18.4 Å². The molecule has 0 aliphatic rings. The molecule has 0 spiro atoms. The van der Waals surface area contributed by atoms with E-state index in [1.165, 1.54) is 0 Å². The van der Waals surface area contributed by atoms with Crippen LogP contribution in [-0.4, -0.2) is 32.9 Å². The summed E-state index contributed by atoms with van der Waals surface area (Å²) in [6, 6.07) is 0. The predicted molar refractivity (Wildman–Crippen MR) is 45.8 cm³/mol. The first-order valence-corrected chi connectivity index (χ1v) is 4.58. The van der Waals surface area contributed by atoms with Crippen LogP contribution in [0.25, 0.3) is 0 Å². The molecule has 0 atom stereocenters. The second kappa shape index (κ2) is 4.86. The zero-order valence-electron chi connectivity index (χ0n) is 6.55. The molecule has 0 saturated heterocycles. The summed E-state index contributed by atoms with van der Waals surface area (Å²) >= 11 is 0.